The molecule has 21 heavy (non-hydrogen) atoms. The van der Waals surface area contributed by atoms with E-state index < -0.39 is 5.97 Å². The van der Waals surface area contributed by atoms with Crippen molar-refractivity contribution < 1.29 is 14.6 Å². The van der Waals surface area contributed by atoms with Crippen LogP contribution in [0.1, 0.15) is 5.01 Å². The Morgan fingerprint density at radius 2 is 2.10 bits per heavy atom. The summed E-state index contributed by atoms with van der Waals surface area (Å²) in [5, 5.41) is 13.5. The molecule has 0 aliphatic carbocycles. The van der Waals surface area contributed by atoms with Crippen LogP contribution in [0.4, 0.5) is 0 Å². The van der Waals surface area contributed by atoms with E-state index in [0.29, 0.717) is 5.01 Å². The zero-order valence-electron chi connectivity index (χ0n) is 11.4. The minimum atomic E-state index is -0.874. The first kappa shape index (κ1) is 13.6. The van der Waals surface area contributed by atoms with Crippen LogP contribution in [-0.2, 0) is 11.2 Å². The average Bonchev–Trinajstić information content (AvgIpc) is 2.93. The number of aliphatic carboxylic acids is 1. The van der Waals surface area contributed by atoms with Crippen LogP contribution in [0.5, 0.6) is 5.75 Å². The molecule has 5 heteroatoms. The van der Waals surface area contributed by atoms with Crippen LogP contribution < -0.4 is 4.74 Å². The standard InChI is InChI=1S/C16H13NO3S/c1-20-13-7-6-10-4-2-3-5-11(10)16(13)12-9-21-14(17-12)8-15(18)19/h2-7,9H,8H2,1H3,(H,18,19). The number of carbonyl (C=O) groups is 1. The molecule has 4 nitrogen and oxygen atoms in total. The van der Waals surface area contributed by atoms with Crippen molar-refractivity contribution in [1.82, 2.24) is 4.98 Å². The number of rotatable bonds is 4. The minimum absolute atomic E-state index is 0.0578. The molecule has 0 unspecified atom stereocenters. The fourth-order valence-electron chi connectivity index (χ4n) is 2.32. The second-order valence-electron chi connectivity index (χ2n) is 4.56. The zero-order chi connectivity index (χ0) is 14.8. The van der Waals surface area contributed by atoms with Gasteiger partial charge in [-0.05, 0) is 16.8 Å². The summed E-state index contributed by atoms with van der Waals surface area (Å²) < 4.78 is 5.45. The first-order chi connectivity index (χ1) is 10.2. The molecule has 0 fully saturated rings. The molecule has 106 valence electrons. The third kappa shape index (κ3) is 2.60. The second kappa shape index (κ2) is 5.54. The largest absolute Gasteiger partial charge is 0.496 e. The number of nitrogens with zero attached hydrogens (tertiary/aromatic N) is 1. The van der Waals surface area contributed by atoms with Crippen LogP contribution in [0, 0.1) is 0 Å². The molecule has 1 aromatic heterocycles. The zero-order valence-corrected chi connectivity index (χ0v) is 12.2. The summed E-state index contributed by atoms with van der Waals surface area (Å²) in [6, 6.07) is 11.9. The van der Waals surface area contributed by atoms with Gasteiger partial charge in [0.1, 0.15) is 10.8 Å². The molecule has 0 bridgehead atoms. The van der Waals surface area contributed by atoms with Gasteiger partial charge >= 0.3 is 5.97 Å². The van der Waals surface area contributed by atoms with E-state index in [-0.39, 0.29) is 6.42 Å². The van der Waals surface area contributed by atoms with Crippen molar-refractivity contribution in [2.45, 2.75) is 6.42 Å². The maximum atomic E-state index is 10.8. The number of thiazole rings is 1. The Kier molecular flexibility index (Phi) is 3.58. The van der Waals surface area contributed by atoms with E-state index in [1.165, 1.54) is 11.3 Å². The molecular formula is C16H13NO3S. The molecule has 0 radical (unpaired) electrons. The SMILES string of the molecule is COc1ccc2ccccc2c1-c1csc(CC(=O)O)n1. The summed E-state index contributed by atoms with van der Waals surface area (Å²) in [4.78, 5) is 15.2. The Hall–Kier alpha value is -2.40. The molecular weight excluding hydrogens is 286 g/mol. The Morgan fingerprint density at radius 1 is 1.29 bits per heavy atom. The third-order valence-corrected chi connectivity index (χ3v) is 4.07. The first-order valence-corrected chi connectivity index (χ1v) is 7.29. The molecule has 3 rings (SSSR count). The summed E-state index contributed by atoms with van der Waals surface area (Å²) in [5.74, 6) is -0.137. The Morgan fingerprint density at radius 3 is 2.86 bits per heavy atom. The molecule has 2 aromatic carbocycles. The second-order valence-corrected chi connectivity index (χ2v) is 5.50. The number of hydrogen-bond donors (Lipinski definition) is 1. The number of carboxylic acid groups (broad SMARTS) is 1. The predicted octanol–water partition coefficient (Wildman–Crippen LogP) is 3.60. The summed E-state index contributed by atoms with van der Waals surface area (Å²) in [7, 11) is 1.62. The lowest BCUT2D eigenvalue weighted by molar-refractivity contribution is -0.136. The number of fused-ring (bicyclic) bond motifs is 1. The number of methoxy groups -OCH3 is 1. The van der Waals surface area contributed by atoms with E-state index in [4.69, 9.17) is 9.84 Å². The van der Waals surface area contributed by atoms with Gasteiger partial charge in [0, 0.05) is 5.38 Å². The molecule has 0 atom stereocenters. The first-order valence-electron chi connectivity index (χ1n) is 6.41. The van der Waals surface area contributed by atoms with Crippen LogP contribution in [0.2, 0.25) is 0 Å². The molecule has 1 N–H and O–H groups in total. The predicted molar refractivity (Wildman–Crippen MR) is 82.9 cm³/mol. The Balaban J connectivity index is 2.18. The van der Waals surface area contributed by atoms with Crippen molar-refractivity contribution in [3.63, 3.8) is 0 Å². The third-order valence-electron chi connectivity index (χ3n) is 3.22. The van der Waals surface area contributed by atoms with Crippen LogP contribution in [0.3, 0.4) is 0 Å². The lowest BCUT2D eigenvalue weighted by Crippen LogP contribution is -1.99. The van der Waals surface area contributed by atoms with Gasteiger partial charge in [-0.25, -0.2) is 4.98 Å². The van der Waals surface area contributed by atoms with Gasteiger partial charge in [0.2, 0.25) is 0 Å². The molecule has 3 aromatic rings. The lowest BCUT2D eigenvalue weighted by Gasteiger charge is -2.10. The molecule has 0 spiro atoms. The van der Waals surface area contributed by atoms with E-state index in [9.17, 15) is 4.79 Å². The Labute approximate surface area is 125 Å². The van der Waals surface area contributed by atoms with Gasteiger partial charge in [-0.1, -0.05) is 30.3 Å². The van der Waals surface area contributed by atoms with Crippen LogP contribution in [0.25, 0.3) is 22.0 Å². The molecule has 0 saturated heterocycles. The number of aromatic nitrogens is 1. The normalized spacial score (nSPS) is 10.7. The summed E-state index contributed by atoms with van der Waals surface area (Å²) in [5.41, 5.74) is 1.66. The van der Waals surface area contributed by atoms with Gasteiger partial charge < -0.3 is 9.84 Å². The van der Waals surface area contributed by atoms with Crippen molar-refractivity contribution in [2.75, 3.05) is 7.11 Å². The monoisotopic (exact) mass is 299 g/mol. The van der Waals surface area contributed by atoms with Gasteiger partial charge in [0.15, 0.2) is 0 Å². The smallest absolute Gasteiger partial charge is 0.310 e. The van der Waals surface area contributed by atoms with E-state index >= 15 is 0 Å². The van der Waals surface area contributed by atoms with Crippen molar-refractivity contribution in [3.8, 4) is 17.0 Å². The maximum Gasteiger partial charge on any atom is 0.310 e. The van der Waals surface area contributed by atoms with Gasteiger partial charge in [0.05, 0.1) is 24.8 Å². The van der Waals surface area contributed by atoms with E-state index in [1.54, 1.807) is 7.11 Å². The fourth-order valence-corrected chi connectivity index (χ4v) is 3.10. The van der Waals surface area contributed by atoms with Gasteiger partial charge in [-0.15, -0.1) is 11.3 Å². The van der Waals surface area contributed by atoms with Crippen molar-refractivity contribution in [3.05, 3.63) is 46.8 Å². The minimum Gasteiger partial charge on any atom is -0.496 e. The molecule has 0 aliphatic heterocycles. The van der Waals surface area contributed by atoms with Gasteiger partial charge in [-0.3, -0.25) is 4.79 Å². The quantitative estimate of drug-likeness (QED) is 0.799. The summed E-state index contributed by atoms with van der Waals surface area (Å²) in [6.45, 7) is 0. The lowest BCUT2D eigenvalue weighted by atomic mass is 10.0. The van der Waals surface area contributed by atoms with Crippen LogP contribution in [0.15, 0.2) is 41.8 Å². The van der Waals surface area contributed by atoms with Crippen molar-refractivity contribution in [2.24, 2.45) is 0 Å². The van der Waals surface area contributed by atoms with Gasteiger partial charge in [-0.2, -0.15) is 0 Å². The number of hydrogen-bond acceptors (Lipinski definition) is 4. The number of ether oxygens (including phenoxy) is 1. The van der Waals surface area contributed by atoms with Crippen LogP contribution in [-0.4, -0.2) is 23.2 Å². The number of carboxylic acids is 1. The van der Waals surface area contributed by atoms with Crippen molar-refractivity contribution in [1.29, 1.82) is 0 Å². The van der Waals surface area contributed by atoms with Crippen LogP contribution >= 0.6 is 11.3 Å². The maximum absolute atomic E-state index is 10.8. The highest BCUT2D eigenvalue weighted by Crippen LogP contribution is 2.37. The average molecular weight is 299 g/mol. The molecule has 0 aliphatic rings. The van der Waals surface area contributed by atoms with E-state index in [0.717, 1.165) is 27.8 Å². The molecule has 0 saturated carbocycles. The van der Waals surface area contributed by atoms with Gasteiger partial charge in [0.25, 0.3) is 0 Å². The van der Waals surface area contributed by atoms with Crippen molar-refractivity contribution >= 4 is 28.1 Å². The highest BCUT2D eigenvalue weighted by Gasteiger charge is 2.14. The highest BCUT2D eigenvalue weighted by atomic mass is 32.1. The van der Waals surface area contributed by atoms with E-state index in [2.05, 4.69) is 4.98 Å². The molecule has 1 heterocycles. The number of benzene rings is 2. The summed E-state index contributed by atoms with van der Waals surface area (Å²) in [6.07, 6.45) is -0.0578. The fraction of sp³-hybridized carbons (Fsp3) is 0.125. The summed E-state index contributed by atoms with van der Waals surface area (Å²) >= 11 is 1.35. The topological polar surface area (TPSA) is 59.4 Å². The van der Waals surface area contributed by atoms with E-state index in [1.807, 2.05) is 41.8 Å². The highest BCUT2D eigenvalue weighted by molar-refractivity contribution is 7.10. The molecule has 0 amide bonds. The Bertz CT molecular complexity index is 810.